The molecule has 0 unspecified atom stereocenters. The summed E-state index contributed by atoms with van der Waals surface area (Å²) in [6.07, 6.45) is 6.58. The number of aliphatic carboxylic acids is 1. The van der Waals surface area contributed by atoms with Gasteiger partial charge in [0.05, 0.1) is 11.0 Å². The zero-order valence-electron chi connectivity index (χ0n) is 11.8. The van der Waals surface area contributed by atoms with E-state index in [0.717, 1.165) is 25.7 Å². The highest BCUT2D eigenvalue weighted by atomic mass is 35.5. The van der Waals surface area contributed by atoms with Gasteiger partial charge in [-0.15, -0.1) is 0 Å². The number of nitrogens with zero attached hydrogens (tertiary/aromatic N) is 1. The minimum Gasteiger partial charge on any atom is -0.481 e. The first-order chi connectivity index (χ1) is 10.1. The van der Waals surface area contributed by atoms with Gasteiger partial charge in [0.2, 0.25) is 0 Å². The van der Waals surface area contributed by atoms with E-state index in [0.29, 0.717) is 12.8 Å². The lowest BCUT2D eigenvalue weighted by Crippen LogP contribution is -2.43. The molecule has 1 saturated carbocycles. The molecule has 2 N–H and O–H groups in total. The summed E-state index contributed by atoms with van der Waals surface area (Å²) in [6, 6.07) is 3.20. The number of carboxylic acid groups (broad SMARTS) is 1. The number of nitrogens with one attached hydrogen (secondary N) is 1. The van der Waals surface area contributed by atoms with E-state index in [1.54, 1.807) is 12.1 Å². The van der Waals surface area contributed by atoms with Crippen LogP contribution in [0.2, 0.25) is 5.15 Å². The summed E-state index contributed by atoms with van der Waals surface area (Å²) in [6.45, 7) is 0.131. The van der Waals surface area contributed by atoms with E-state index < -0.39 is 11.4 Å². The monoisotopic (exact) mass is 310 g/mol. The predicted octanol–water partition coefficient (Wildman–Crippen LogP) is 2.89. The third-order valence-electron chi connectivity index (χ3n) is 4.11. The van der Waals surface area contributed by atoms with Crippen molar-refractivity contribution in [3.8, 4) is 0 Å². The van der Waals surface area contributed by atoms with E-state index in [2.05, 4.69) is 10.3 Å². The van der Waals surface area contributed by atoms with Gasteiger partial charge < -0.3 is 10.4 Å². The van der Waals surface area contributed by atoms with Gasteiger partial charge in [0.1, 0.15) is 5.15 Å². The highest BCUT2D eigenvalue weighted by molar-refractivity contribution is 6.32. The lowest BCUT2D eigenvalue weighted by atomic mass is 9.80. The van der Waals surface area contributed by atoms with Crippen LogP contribution in [0.4, 0.5) is 0 Å². The Kier molecular flexibility index (Phi) is 5.17. The number of rotatable bonds is 4. The summed E-state index contributed by atoms with van der Waals surface area (Å²) < 4.78 is 0. The molecular weight excluding hydrogens is 292 g/mol. The average molecular weight is 311 g/mol. The molecule has 6 heteroatoms. The smallest absolute Gasteiger partial charge is 0.311 e. The molecule has 1 aromatic heterocycles. The number of carboxylic acids is 1. The van der Waals surface area contributed by atoms with Crippen molar-refractivity contribution >= 4 is 23.5 Å². The Morgan fingerprint density at radius 3 is 2.52 bits per heavy atom. The van der Waals surface area contributed by atoms with E-state index in [-0.39, 0.29) is 23.2 Å². The summed E-state index contributed by atoms with van der Waals surface area (Å²) in [7, 11) is 0. The van der Waals surface area contributed by atoms with E-state index >= 15 is 0 Å². The van der Waals surface area contributed by atoms with Crippen LogP contribution >= 0.6 is 11.6 Å². The molecule has 0 saturated heterocycles. The Morgan fingerprint density at radius 2 is 1.95 bits per heavy atom. The minimum atomic E-state index is -0.860. The lowest BCUT2D eigenvalue weighted by Gasteiger charge is -2.28. The van der Waals surface area contributed by atoms with Crippen molar-refractivity contribution in [2.75, 3.05) is 6.54 Å². The molecule has 0 aromatic carbocycles. The van der Waals surface area contributed by atoms with Gasteiger partial charge in [-0.05, 0) is 25.0 Å². The standard InChI is InChI=1S/C15H19ClN2O3/c16-12-11(6-5-9-17-12)13(19)18-10-15(14(20)21)7-3-1-2-4-8-15/h5-6,9H,1-4,7-8,10H2,(H,18,19)(H,20,21). The van der Waals surface area contributed by atoms with Crippen LogP contribution in [0.3, 0.4) is 0 Å². The first-order valence-electron chi connectivity index (χ1n) is 7.17. The number of carbonyl (C=O) groups excluding carboxylic acids is 1. The van der Waals surface area contributed by atoms with Crippen LogP contribution < -0.4 is 5.32 Å². The number of halogens is 1. The Morgan fingerprint density at radius 1 is 1.29 bits per heavy atom. The molecule has 21 heavy (non-hydrogen) atoms. The summed E-state index contributed by atoms with van der Waals surface area (Å²) in [5.74, 6) is -1.21. The van der Waals surface area contributed by atoms with Gasteiger partial charge in [-0.1, -0.05) is 37.3 Å². The first-order valence-corrected chi connectivity index (χ1v) is 7.55. The molecular formula is C15H19ClN2O3. The average Bonchev–Trinajstić information content (AvgIpc) is 2.72. The number of carbonyl (C=O) groups is 2. The van der Waals surface area contributed by atoms with Crippen LogP contribution in [-0.4, -0.2) is 28.5 Å². The minimum absolute atomic E-state index is 0.125. The predicted molar refractivity (Wildman–Crippen MR) is 79.4 cm³/mol. The molecule has 1 fully saturated rings. The first kappa shape index (κ1) is 15.8. The largest absolute Gasteiger partial charge is 0.481 e. The fraction of sp³-hybridized carbons (Fsp3) is 0.533. The Balaban J connectivity index is 2.07. The molecule has 0 atom stereocenters. The quantitative estimate of drug-likeness (QED) is 0.662. The third kappa shape index (κ3) is 3.73. The van der Waals surface area contributed by atoms with Gasteiger partial charge in [-0.3, -0.25) is 9.59 Å². The van der Waals surface area contributed by atoms with Crippen molar-refractivity contribution in [1.82, 2.24) is 10.3 Å². The van der Waals surface area contributed by atoms with Crippen LogP contribution in [0, 0.1) is 5.41 Å². The maximum atomic E-state index is 12.1. The van der Waals surface area contributed by atoms with Crippen molar-refractivity contribution in [1.29, 1.82) is 0 Å². The molecule has 5 nitrogen and oxygen atoms in total. The van der Waals surface area contributed by atoms with Crippen LogP contribution in [0.1, 0.15) is 48.9 Å². The Labute approximate surface area is 128 Å². The molecule has 0 bridgehead atoms. The molecule has 1 amide bonds. The fourth-order valence-corrected chi connectivity index (χ4v) is 2.98. The van der Waals surface area contributed by atoms with Crippen molar-refractivity contribution in [3.63, 3.8) is 0 Å². The van der Waals surface area contributed by atoms with E-state index in [4.69, 9.17) is 11.6 Å². The van der Waals surface area contributed by atoms with Crippen molar-refractivity contribution < 1.29 is 14.7 Å². The molecule has 0 radical (unpaired) electrons. The van der Waals surface area contributed by atoms with E-state index in [1.165, 1.54) is 6.20 Å². The SMILES string of the molecule is O=C(NCC1(C(=O)O)CCCCCC1)c1cccnc1Cl. The number of hydrogen-bond donors (Lipinski definition) is 2. The van der Waals surface area contributed by atoms with Crippen LogP contribution in [-0.2, 0) is 4.79 Å². The maximum Gasteiger partial charge on any atom is 0.311 e. The van der Waals surface area contributed by atoms with Gasteiger partial charge in [-0.2, -0.15) is 0 Å². The zero-order chi connectivity index (χ0) is 15.3. The van der Waals surface area contributed by atoms with Crippen molar-refractivity contribution in [2.45, 2.75) is 38.5 Å². The zero-order valence-corrected chi connectivity index (χ0v) is 12.5. The number of amides is 1. The fourth-order valence-electron chi connectivity index (χ4n) is 2.77. The summed E-state index contributed by atoms with van der Waals surface area (Å²) in [4.78, 5) is 27.6. The van der Waals surface area contributed by atoms with Crippen molar-refractivity contribution in [2.24, 2.45) is 5.41 Å². The second-order valence-corrected chi connectivity index (χ2v) is 5.88. The normalized spacial score (nSPS) is 17.8. The Hall–Kier alpha value is -1.62. The van der Waals surface area contributed by atoms with Crippen LogP contribution in [0.15, 0.2) is 18.3 Å². The molecule has 0 spiro atoms. The van der Waals surface area contributed by atoms with E-state index in [9.17, 15) is 14.7 Å². The van der Waals surface area contributed by atoms with E-state index in [1.807, 2.05) is 0 Å². The molecule has 2 rings (SSSR count). The van der Waals surface area contributed by atoms with Gasteiger partial charge in [0.25, 0.3) is 5.91 Å². The third-order valence-corrected chi connectivity index (χ3v) is 4.41. The molecule has 114 valence electrons. The maximum absolute atomic E-state index is 12.1. The Bertz CT molecular complexity index is 525. The molecule has 1 heterocycles. The summed E-state index contributed by atoms with van der Waals surface area (Å²) >= 11 is 5.88. The second kappa shape index (κ2) is 6.89. The van der Waals surface area contributed by atoms with Gasteiger partial charge in [-0.25, -0.2) is 4.98 Å². The highest BCUT2D eigenvalue weighted by Crippen LogP contribution is 2.35. The number of aromatic nitrogens is 1. The topological polar surface area (TPSA) is 79.3 Å². The van der Waals surface area contributed by atoms with Gasteiger partial charge >= 0.3 is 5.97 Å². The van der Waals surface area contributed by atoms with Gasteiger partial charge in [0.15, 0.2) is 0 Å². The molecule has 1 aliphatic carbocycles. The summed E-state index contributed by atoms with van der Waals surface area (Å²) in [5.41, 5.74) is -0.589. The molecule has 1 aliphatic rings. The lowest BCUT2D eigenvalue weighted by molar-refractivity contribution is -0.149. The molecule has 1 aromatic rings. The number of pyridine rings is 1. The highest BCUT2D eigenvalue weighted by Gasteiger charge is 2.39. The molecule has 0 aliphatic heterocycles. The second-order valence-electron chi connectivity index (χ2n) is 5.52. The summed E-state index contributed by atoms with van der Waals surface area (Å²) in [5, 5.41) is 12.4. The van der Waals surface area contributed by atoms with Crippen LogP contribution in [0.25, 0.3) is 0 Å². The van der Waals surface area contributed by atoms with Gasteiger partial charge in [0, 0.05) is 12.7 Å². The van der Waals surface area contributed by atoms with Crippen molar-refractivity contribution in [3.05, 3.63) is 29.0 Å². The van der Waals surface area contributed by atoms with Crippen LogP contribution in [0.5, 0.6) is 0 Å². The number of hydrogen-bond acceptors (Lipinski definition) is 3.